The van der Waals surface area contributed by atoms with Crippen LogP contribution in [0.3, 0.4) is 0 Å². The molecule has 2 heterocycles. The SMILES string of the molecule is Cc1noc(C)c1S(=O)(=O)N1CCN(c2ccc(C(F)(F)F)cc2)CC1. The molecule has 26 heavy (non-hydrogen) atoms. The first-order chi connectivity index (χ1) is 12.1. The highest BCUT2D eigenvalue weighted by Gasteiger charge is 2.34. The zero-order valence-electron chi connectivity index (χ0n) is 14.2. The third-order valence-corrected chi connectivity index (χ3v) is 6.51. The van der Waals surface area contributed by atoms with Gasteiger partial charge < -0.3 is 9.42 Å². The molecule has 0 saturated carbocycles. The molecule has 6 nitrogen and oxygen atoms in total. The molecule has 3 rings (SSSR count). The summed E-state index contributed by atoms with van der Waals surface area (Å²) >= 11 is 0. The quantitative estimate of drug-likeness (QED) is 0.808. The fourth-order valence-corrected chi connectivity index (χ4v) is 4.73. The molecule has 1 aliphatic rings. The van der Waals surface area contributed by atoms with Gasteiger partial charge in [-0.2, -0.15) is 17.5 Å². The van der Waals surface area contributed by atoms with E-state index in [-0.39, 0.29) is 23.7 Å². The van der Waals surface area contributed by atoms with Gasteiger partial charge in [0.05, 0.1) is 5.56 Å². The lowest BCUT2D eigenvalue weighted by Gasteiger charge is -2.35. The van der Waals surface area contributed by atoms with E-state index >= 15 is 0 Å². The molecule has 0 bridgehead atoms. The minimum absolute atomic E-state index is 0.0838. The van der Waals surface area contributed by atoms with Crippen molar-refractivity contribution in [1.29, 1.82) is 0 Å². The molecule has 0 aliphatic carbocycles. The van der Waals surface area contributed by atoms with Crippen molar-refractivity contribution in [3.05, 3.63) is 41.3 Å². The second-order valence-electron chi connectivity index (χ2n) is 6.09. The summed E-state index contributed by atoms with van der Waals surface area (Å²) in [4.78, 5) is 1.94. The number of hydrogen-bond acceptors (Lipinski definition) is 5. The van der Waals surface area contributed by atoms with Crippen LogP contribution in [0.1, 0.15) is 17.0 Å². The number of aromatic nitrogens is 1. The number of alkyl halides is 3. The van der Waals surface area contributed by atoms with E-state index in [0.717, 1.165) is 12.1 Å². The van der Waals surface area contributed by atoms with Crippen LogP contribution in [0.4, 0.5) is 18.9 Å². The molecule has 1 aromatic heterocycles. The van der Waals surface area contributed by atoms with E-state index in [1.54, 1.807) is 13.8 Å². The Balaban J connectivity index is 1.71. The second kappa shape index (κ2) is 6.58. The average molecular weight is 389 g/mol. The van der Waals surface area contributed by atoms with Crippen molar-refractivity contribution in [3.8, 4) is 0 Å². The molecule has 1 fully saturated rings. The number of aryl methyl sites for hydroxylation is 2. The van der Waals surface area contributed by atoms with Gasteiger partial charge in [0.15, 0.2) is 5.76 Å². The van der Waals surface area contributed by atoms with E-state index < -0.39 is 21.8 Å². The zero-order chi connectivity index (χ0) is 19.1. The fourth-order valence-electron chi connectivity index (χ4n) is 3.02. The number of anilines is 1. The van der Waals surface area contributed by atoms with Gasteiger partial charge in [-0.25, -0.2) is 8.42 Å². The predicted molar refractivity (Wildman–Crippen MR) is 88.4 cm³/mol. The van der Waals surface area contributed by atoms with Crippen molar-refractivity contribution in [3.63, 3.8) is 0 Å². The van der Waals surface area contributed by atoms with Crippen LogP contribution in [0.2, 0.25) is 0 Å². The molecule has 0 unspecified atom stereocenters. The lowest BCUT2D eigenvalue weighted by atomic mass is 10.2. The summed E-state index contributed by atoms with van der Waals surface area (Å²) in [6.45, 7) is 4.34. The number of halogens is 3. The summed E-state index contributed by atoms with van der Waals surface area (Å²) in [6.07, 6.45) is -4.38. The molecule has 1 saturated heterocycles. The largest absolute Gasteiger partial charge is 0.416 e. The monoisotopic (exact) mass is 389 g/mol. The molecule has 0 amide bonds. The molecule has 10 heteroatoms. The Morgan fingerprint density at radius 3 is 2.08 bits per heavy atom. The molecule has 2 aromatic rings. The topological polar surface area (TPSA) is 66.7 Å². The van der Waals surface area contributed by atoms with E-state index in [1.165, 1.54) is 16.4 Å². The van der Waals surface area contributed by atoms with Crippen LogP contribution in [0.5, 0.6) is 0 Å². The Morgan fingerprint density at radius 1 is 1.04 bits per heavy atom. The maximum Gasteiger partial charge on any atom is 0.416 e. The zero-order valence-corrected chi connectivity index (χ0v) is 15.1. The summed E-state index contributed by atoms with van der Waals surface area (Å²) in [5.74, 6) is 0.243. The summed E-state index contributed by atoms with van der Waals surface area (Å²) in [7, 11) is -3.71. The van der Waals surface area contributed by atoms with Crippen molar-refractivity contribution in [2.45, 2.75) is 24.9 Å². The van der Waals surface area contributed by atoms with Gasteiger partial charge in [0.1, 0.15) is 10.6 Å². The highest BCUT2D eigenvalue weighted by molar-refractivity contribution is 7.89. The predicted octanol–water partition coefficient (Wildman–Crippen LogP) is 2.82. The maximum absolute atomic E-state index is 12.8. The summed E-state index contributed by atoms with van der Waals surface area (Å²) in [5, 5.41) is 3.68. The van der Waals surface area contributed by atoms with Gasteiger partial charge in [0.25, 0.3) is 0 Å². The maximum atomic E-state index is 12.8. The summed E-state index contributed by atoms with van der Waals surface area (Å²) in [6, 6.07) is 4.87. The molecule has 1 aromatic carbocycles. The molecule has 0 spiro atoms. The first-order valence-electron chi connectivity index (χ1n) is 7.96. The van der Waals surface area contributed by atoms with E-state index in [1.807, 2.05) is 4.90 Å². The van der Waals surface area contributed by atoms with E-state index in [2.05, 4.69) is 5.16 Å². The smallest absolute Gasteiger partial charge is 0.369 e. The standard InChI is InChI=1S/C16H18F3N3O3S/c1-11-15(12(2)25-20-11)26(23,24)22-9-7-21(8-10-22)14-5-3-13(4-6-14)16(17,18)19/h3-6H,7-10H2,1-2H3. The normalized spacial score (nSPS) is 16.9. The number of sulfonamides is 1. The van der Waals surface area contributed by atoms with Crippen molar-refractivity contribution < 1.29 is 26.1 Å². The van der Waals surface area contributed by atoms with Crippen molar-refractivity contribution in [2.24, 2.45) is 0 Å². The van der Waals surface area contributed by atoms with Crippen LogP contribution < -0.4 is 4.90 Å². The Bertz CT molecular complexity index is 864. The average Bonchev–Trinajstić information content (AvgIpc) is 2.93. The van der Waals surface area contributed by atoms with Gasteiger partial charge >= 0.3 is 6.18 Å². The van der Waals surface area contributed by atoms with E-state index in [4.69, 9.17) is 4.52 Å². The van der Waals surface area contributed by atoms with E-state index in [0.29, 0.717) is 24.5 Å². The summed E-state index contributed by atoms with van der Waals surface area (Å²) in [5.41, 5.74) is 0.237. The van der Waals surface area contributed by atoms with Gasteiger partial charge in [0.2, 0.25) is 10.0 Å². The third-order valence-electron chi connectivity index (χ3n) is 4.36. The Kier molecular flexibility index (Phi) is 4.74. The molecular weight excluding hydrogens is 371 g/mol. The third kappa shape index (κ3) is 3.43. The number of nitrogens with zero attached hydrogens (tertiary/aromatic N) is 3. The second-order valence-corrected chi connectivity index (χ2v) is 7.96. The Labute approximate surface area is 149 Å². The van der Waals surface area contributed by atoms with E-state index in [9.17, 15) is 21.6 Å². The molecule has 0 N–H and O–H groups in total. The van der Waals surface area contributed by atoms with Crippen LogP contribution >= 0.6 is 0 Å². The highest BCUT2D eigenvalue weighted by atomic mass is 32.2. The van der Waals surface area contributed by atoms with Crippen LogP contribution in [0.25, 0.3) is 0 Å². The first-order valence-corrected chi connectivity index (χ1v) is 9.40. The van der Waals surface area contributed by atoms with Crippen molar-refractivity contribution >= 4 is 15.7 Å². The molecule has 0 radical (unpaired) electrons. The van der Waals surface area contributed by atoms with Crippen LogP contribution in [-0.4, -0.2) is 44.1 Å². The van der Waals surface area contributed by atoms with Gasteiger partial charge in [-0.3, -0.25) is 0 Å². The van der Waals surface area contributed by atoms with Gasteiger partial charge in [-0.15, -0.1) is 0 Å². The first kappa shape index (κ1) is 18.7. The molecular formula is C16H18F3N3O3S. The molecule has 1 aliphatic heterocycles. The lowest BCUT2D eigenvalue weighted by Crippen LogP contribution is -2.48. The number of hydrogen-bond donors (Lipinski definition) is 0. The Hall–Kier alpha value is -2.07. The summed E-state index contributed by atoms with van der Waals surface area (Å²) < 4.78 is 69.8. The fraction of sp³-hybridized carbons (Fsp3) is 0.438. The minimum Gasteiger partial charge on any atom is -0.369 e. The van der Waals surface area contributed by atoms with Gasteiger partial charge in [-0.05, 0) is 38.1 Å². The van der Waals surface area contributed by atoms with Crippen LogP contribution in [0, 0.1) is 13.8 Å². The molecule has 142 valence electrons. The van der Waals surface area contributed by atoms with Crippen LogP contribution in [-0.2, 0) is 16.2 Å². The van der Waals surface area contributed by atoms with Crippen LogP contribution in [0.15, 0.2) is 33.7 Å². The lowest BCUT2D eigenvalue weighted by molar-refractivity contribution is -0.137. The Morgan fingerprint density at radius 2 is 1.62 bits per heavy atom. The van der Waals surface area contributed by atoms with Crippen molar-refractivity contribution in [2.75, 3.05) is 31.1 Å². The number of rotatable bonds is 3. The number of piperazine rings is 1. The van der Waals surface area contributed by atoms with Gasteiger partial charge in [-0.1, -0.05) is 5.16 Å². The van der Waals surface area contributed by atoms with Crippen molar-refractivity contribution in [1.82, 2.24) is 9.46 Å². The van der Waals surface area contributed by atoms with Gasteiger partial charge in [0, 0.05) is 31.9 Å². The number of benzene rings is 1. The highest BCUT2D eigenvalue weighted by Crippen LogP contribution is 2.31. The minimum atomic E-state index is -4.38. The molecule has 0 atom stereocenters.